The highest BCUT2D eigenvalue weighted by Crippen LogP contribution is 2.24. The summed E-state index contributed by atoms with van der Waals surface area (Å²) in [4.78, 5) is 8.61. The van der Waals surface area contributed by atoms with Crippen LogP contribution >= 0.6 is 0 Å². The monoisotopic (exact) mass is 209 g/mol. The van der Waals surface area contributed by atoms with Crippen molar-refractivity contribution in [3.8, 4) is 11.8 Å². The first-order valence-corrected chi connectivity index (χ1v) is 5.04. The molecule has 1 aliphatic heterocycles. The summed E-state index contributed by atoms with van der Waals surface area (Å²) in [6.07, 6.45) is 2.23. The quantitative estimate of drug-likeness (QED) is 0.802. The van der Waals surface area contributed by atoms with E-state index in [1.54, 1.807) is 20.3 Å². The fourth-order valence-corrected chi connectivity index (χ4v) is 1.69. The van der Waals surface area contributed by atoms with E-state index in [0.717, 1.165) is 25.2 Å². The van der Waals surface area contributed by atoms with Crippen molar-refractivity contribution in [3.63, 3.8) is 0 Å². The lowest BCUT2D eigenvalue weighted by Crippen LogP contribution is -2.16. The van der Waals surface area contributed by atoms with Crippen LogP contribution in [0.2, 0.25) is 0 Å². The Balaban J connectivity index is 2.28. The number of aromatic nitrogens is 2. The van der Waals surface area contributed by atoms with Crippen LogP contribution in [0.15, 0.2) is 6.07 Å². The first-order chi connectivity index (χ1) is 7.33. The van der Waals surface area contributed by atoms with Gasteiger partial charge in [0.2, 0.25) is 11.8 Å². The molecule has 1 N–H and O–H groups in total. The van der Waals surface area contributed by atoms with Crippen molar-refractivity contribution in [2.24, 2.45) is 0 Å². The molecule has 1 saturated heterocycles. The van der Waals surface area contributed by atoms with E-state index in [1.807, 2.05) is 0 Å². The highest BCUT2D eigenvalue weighted by molar-refractivity contribution is 5.22. The van der Waals surface area contributed by atoms with E-state index in [4.69, 9.17) is 9.47 Å². The van der Waals surface area contributed by atoms with Crippen LogP contribution in [-0.2, 0) is 0 Å². The average molecular weight is 209 g/mol. The maximum atomic E-state index is 5.10. The van der Waals surface area contributed by atoms with Gasteiger partial charge < -0.3 is 14.8 Å². The van der Waals surface area contributed by atoms with E-state index in [0.29, 0.717) is 11.8 Å². The summed E-state index contributed by atoms with van der Waals surface area (Å²) < 4.78 is 10.2. The van der Waals surface area contributed by atoms with E-state index in [2.05, 4.69) is 15.3 Å². The van der Waals surface area contributed by atoms with Crippen LogP contribution in [0.1, 0.15) is 24.7 Å². The molecule has 1 aromatic rings. The molecular weight excluding hydrogens is 194 g/mol. The summed E-state index contributed by atoms with van der Waals surface area (Å²) in [7, 11) is 3.18. The summed E-state index contributed by atoms with van der Waals surface area (Å²) in [5, 5.41) is 3.34. The number of hydrogen-bond acceptors (Lipinski definition) is 5. The topological polar surface area (TPSA) is 56.3 Å². The van der Waals surface area contributed by atoms with Gasteiger partial charge in [-0.3, -0.25) is 0 Å². The Kier molecular flexibility index (Phi) is 3.01. The van der Waals surface area contributed by atoms with Crippen molar-refractivity contribution in [3.05, 3.63) is 11.9 Å². The third kappa shape index (κ3) is 2.18. The largest absolute Gasteiger partial charge is 0.481 e. The second kappa shape index (κ2) is 4.44. The van der Waals surface area contributed by atoms with Gasteiger partial charge >= 0.3 is 0 Å². The van der Waals surface area contributed by atoms with Gasteiger partial charge in [-0.15, -0.1) is 0 Å². The number of ether oxygens (including phenoxy) is 2. The van der Waals surface area contributed by atoms with Crippen molar-refractivity contribution in [2.75, 3.05) is 20.8 Å². The Morgan fingerprint density at radius 2 is 1.93 bits per heavy atom. The highest BCUT2D eigenvalue weighted by atomic mass is 16.5. The summed E-state index contributed by atoms with van der Waals surface area (Å²) in [6.45, 7) is 1.02. The van der Waals surface area contributed by atoms with Gasteiger partial charge in [0.25, 0.3) is 0 Å². The van der Waals surface area contributed by atoms with Gasteiger partial charge in [0.1, 0.15) is 0 Å². The fraction of sp³-hybridized carbons (Fsp3) is 0.600. The SMILES string of the molecule is COc1cc(OC)nc(C2CCCN2)n1. The van der Waals surface area contributed by atoms with Gasteiger partial charge in [-0.05, 0) is 19.4 Å². The molecular formula is C10H15N3O2. The zero-order chi connectivity index (χ0) is 10.7. The molecule has 82 valence electrons. The molecule has 0 aromatic carbocycles. The van der Waals surface area contributed by atoms with Crippen LogP contribution in [0.4, 0.5) is 0 Å². The molecule has 0 saturated carbocycles. The first kappa shape index (κ1) is 10.2. The summed E-state index contributed by atoms with van der Waals surface area (Å²) >= 11 is 0. The molecule has 5 heteroatoms. The molecule has 1 fully saturated rings. The van der Waals surface area contributed by atoms with E-state index >= 15 is 0 Å². The molecule has 0 amide bonds. The zero-order valence-corrected chi connectivity index (χ0v) is 8.99. The summed E-state index contributed by atoms with van der Waals surface area (Å²) in [6, 6.07) is 1.91. The molecule has 0 bridgehead atoms. The molecule has 2 heterocycles. The Bertz CT molecular complexity index is 315. The van der Waals surface area contributed by atoms with Crippen LogP contribution in [0.3, 0.4) is 0 Å². The number of hydrogen-bond donors (Lipinski definition) is 1. The summed E-state index contributed by atoms with van der Waals surface area (Å²) in [5.41, 5.74) is 0. The number of methoxy groups -OCH3 is 2. The van der Waals surface area contributed by atoms with Crippen LogP contribution in [-0.4, -0.2) is 30.7 Å². The second-order valence-electron chi connectivity index (χ2n) is 3.46. The van der Waals surface area contributed by atoms with Gasteiger partial charge in [0.05, 0.1) is 26.3 Å². The minimum absolute atomic E-state index is 0.231. The maximum absolute atomic E-state index is 5.10. The van der Waals surface area contributed by atoms with Crippen molar-refractivity contribution in [1.29, 1.82) is 0 Å². The molecule has 1 aromatic heterocycles. The molecule has 1 unspecified atom stereocenters. The predicted molar refractivity (Wildman–Crippen MR) is 55.1 cm³/mol. The third-order valence-electron chi connectivity index (χ3n) is 2.49. The maximum Gasteiger partial charge on any atom is 0.220 e. The van der Waals surface area contributed by atoms with Crippen LogP contribution in [0.25, 0.3) is 0 Å². The van der Waals surface area contributed by atoms with E-state index in [9.17, 15) is 0 Å². The van der Waals surface area contributed by atoms with Gasteiger partial charge in [0, 0.05) is 0 Å². The standard InChI is InChI=1S/C10H15N3O2/c1-14-8-6-9(15-2)13-10(12-8)7-4-3-5-11-7/h6-7,11H,3-5H2,1-2H3. The lowest BCUT2D eigenvalue weighted by Gasteiger charge is -2.11. The Morgan fingerprint density at radius 1 is 1.27 bits per heavy atom. The minimum Gasteiger partial charge on any atom is -0.481 e. The van der Waals surface area contributed by atoms with Crippen molar-refractivity contribution >= 4 is 0 Å². The zero-order valence-electron chi connectivity index (χ0n) is 8.99. The molecule has 0 aliphatic carbocycles. The van der Waals surface area contributed by atoms with Gasteiger partial charge in [-0.2, -0.15) is 9.97 Å². The van der Waals surface area contributed by atoms with Crippen molar-refractivity contribution in [2.45, 2.75) is 18.9 Å². The molecule has 1 atom stereocenters. The Hall–Kier alpha value is -1.36. The summed E-state index contributed by atoms with van der Waals surface area (Å²) in [5.74, 6) is 1.85. The van der Waals surface area contributed by atoms with E-state index in [1.165, 1.54) is 0 Å². The number of nitrogens with zero attached hydrogens (tertiary/aromatic N) is 2. The van der Waals surface area contributed by atoms with Crippen molar-refractivity contribution < 1.29 is 9.47 Å². The minimum atomic E-state index is 0.231. The van der Waals surface area contributed by atoms with Crippen LogP contribution in [0.5, 0.6) is 11.8 Å². The molecule has 5 nitrogen and oxygen atoms in total. The average Bonchev–Trinajstić information content (AvgIpc) is 2.81. The van der Waals surface area contributed by atoms with Crippen LogP contribution in [0, 0.1) is 0 Å². The lowest BCUT2D eigenvalue weighted by atomic mass is 10.2. The highest BCUT2D eigenvalue weighted by Gasteiger charge is 2.20. The van der Waals surface area contributed by atoms with Crippen LogP contribution < -0.4 is 14.8 Å². The van der Waals surface area contributed by atoms with E-state index < -0.39 is 0 Å². The lowest BCUT2D eigenvalue weighted by molar-refractivity contribution is 0.364. The molecule has 1 aliphatic rings. The van der Waals surface area contributed by atoms with Gasteiger partial charge in [-0.1, -0.05) is 0 Å². The fourth-order valence-electron chi connectivity index (χ4n) is 1.69. The predicted octanol–water partition coefficient (Wildman–Crippen LogP) is 0.918. The molecule has 0 spiro atoms. The Morgan fingerprint density at radius 3 is 2.40 bits per heavy atom. The van der Waals surface area contributed by atoms with E-state index in [-0.39, 0.29) is 6.04 Å². The normalized spacial score (nSPS) is 20.3. The van der Waals surface area contributed by atoms with Crippen molar-refractivity contribution in [1.82, 2.24) is 15.3 Å². The van der Waals surface area contributed by atoms with Gasteiger partial charge in [0.15, 0.2) is 5.82 Å². The smallest absolute Gasteiger partial charge is 0.220 e. The first-order valence-electron chi connectivity index (χ1n) is 5.04. The molecule has 15 heavy (non-hydrogen) atoms. The molecule has 2 rings (SSSR count). The third-order valence-corrected chi connectivity index (χ3v) is 2.49. The van der Waals surface area contributed by atoms with Gasteiger partial charge in [-0.25, -0.2) is 0 Å². The Labute approximate surface area is 88.8 Å². The second-order valence-corrected chi connectivity index (χ2v) is 3.46. The number of rotatable bonds is 3. The number of nitrogens with one attached hydrogen (secondary N) is 1. The molecule has 0 radical (unpaired) electrons.